The van der Waals surface area contributed by atoms with E-state index in [-0.39, 0.29) is 0 Å². The average molecular weight is 287 g/mol. The molecule has 1 aliphatic rings. The first-order chi connectivity index (χ1) is 8.67. The van der Waals surface area contributed by atoms with Crippen LogP contribution >= 0.6 is 23.2 Å². The lowest BCUT2D eigenvalue weighted by Crippen LogP contribution is -2.39. The molecule has 1 N–H and O–H groups in total. The van der Waals surface area contributed by atoms with Crippen LogP contribution in [0.3, 0.4) is 0 Å². The summed E-state index contributed by atoms with van der Waals surface area (Å²) >= 11 is 12.0. The number of rotatable bonds is 4. The molecule has 0 amide bonds. The smallest absolute Gasteiger partial charge is 0.0441 e. The molecule has 100 valence electrons. The maximum Gasteiger partial charge on any atom is 0.0441 e. The summed E-state index contributed by atoms with van der Waals surface area (Å²) in [6.07, 6.45) is 3.61. The fraction of sp³-hybridized carbons (Fsp3) is 0.571. The predicted octanol–water partition coefficient (Wildman–Crippen LogP) is 4.28. The van der Waals surface area contributed by atoms with Crippen molar-refractivity contribution < 1.29 is 0 Å². The second kappa shape index (κ2) is 6.65. The number of hydrogen-bond acceptors (Lipinski definition) is 2. The number of likely N-dealkylation sites (tertiary alicyclic amines) is 1. The number of anilines is 1. The van der Waals surface area contributed by atoms with E-state index >= 15 is 0 Å². The molecule has 0 atom stereocenters. The van der Waals surface area contributed by atoms with Crippen molar-refractivity contribution in [2.24, 2.45) is 0 Å². The summed E-state index contributed by atoms with van der Waals surface area (Å²) in [5.41, 5.74) is 1.03. The Bertz CT molecular complexity index is 367. The lowest BCUT2D eigenvalue weighted by molar-refractivity contribution is 0.219. The Labute approximate surface area is 119 Å². The monoisotopic (exact) mass is 286 g/mol. The van der Waals surface area contributed by atoms with Gasteiger partial charge in [-0.2, -0.15) is 0 Å². The van der Waals surface area contributed by atoms with Crippen molar-refractivity contribution in [1.29, 1.82) is 0 Å². The second-order valence-corrected chi connectivity index (χ2v) is 5.79. The van der Waals surface area contributed by atoms with Gasteiger partial charge in [0.2, 0.25) is 0 Å². The van der Waals surface area contributed by atoms with Gasteiger partial charge < -0.3 is 10.2 Å². The first-order valence-electron chi connectivity index (χ1n) is 6.62. The minimum absolute atomic E-state index is 0.535. The van der Waals surface area contributed by atoms with Crippen LogP contribution in [-0.4, -0.2) is 30.6 Å². The van der Waals surface area contributed by atoms with Gasteiger partial charge in [-0.3, -0.25) is 0 Å². The summed E-state index contributed by atoms with van der Waals surface area (Å²) in [6, 6.07) is 6.17. The van der Waals surface area contributed by atoms with Crippen molar-refractivity contribution >= 4 is 28.9 Å². The maximum absolute atomic E-state index is 6.00. The molecule has 0 bridgehead atoms. The highest BCUT2D eigenvalue weighted by Crippen LogP contribution is 2.24. The summed E-state index contributed by atoms with van der Waals surface area (Å²) in [5.74, 6) is 0. The first kappa shape index (κ1) is 14.0. The molecular weight excluding hydrogens is 267 g/mol. The molecule has 1 saturated heterocycles. The molecule has 4 heteroatoms. The molecule has 1 aromatic rings. The Morgan fingerprint density at radius 3 is 2.33 bits per heavy atom. The Hall–Kier alpha value is -0.440. The first-order valence-corrected chi connectivity index (χ1v) is 7.38. The summed E-state index contributed by atoms with van der Waals surface area (Å²) in [7, 11) is 0. The fourth-order valence-electron chi connectivity index (χ4n) is 2.49. The lowest BCUT2D eigenvalue weighted by Gasteiger charge is -2.32. The Kier molecular flexibility index (Phi) is 5.16. The van der Waals surface area contributed by atoms with Gasteiger partial charge in [0.15, 0.2) is 0 Å². The highest BCUT2D eigenvalue weighted by Gasteiger charge is 2.18. The Balaban J connectivity index is 1.87. The lowest BCUT2D eigenvalue weighted by atomic mass is 10.0. The zero-order valence-electron chi connectivity index (χ0n) is 10.8. The van der Waals surface area contributed by atoms with Gasteiger partial charge in [-0.05, 0) is 44.0 Å². The molecular formula is C14H20Cl2N2. The van der Waals surface area contributed by atoms with Gasteiger partial charge in [-0.15, -0.1) is 0 Å². The molecule has 2 rings (SSSR count). The maximum atomic E-state index is 6.00. The van der Waals surface area contributed by atoms with Crippen LogP contribution in [0.5, 0.6) is 0 Å². The highest BCUT2D eigenvalue weighted by molar-refractivity contribution is 6.35. The van der Waals surface area contributed by atoms with E-state index in [1.54, 1.807) is 6.07 Å². The molecule has 0 spiro atoms. The molecule has 0 radical (unpaired) electrons. The Morgan fingerprint density at radius 2 is 1.78 bits per heavy atom. The van der Waals surface area contributed by atoms with E-state index in [0.717, 1.165) is 5.69 Å². The number of nitrogens with one attached hydrogen (secondary N) is 1. The van der Waals surface area contributed by atoms with Gasteiger partial charge in [-0.25, -0.2) is 0 Å². The third-order valence-electron chi connectivity index (χ3n) is 3.36. The van der Waals surface area contributed by atoms with Crippen LogP contribution in [0.1, 0.15) is 26.2 Å². The third kappa shape index (κ3) is 4.04. The van der Waals surface area contributed by atoms with Crippen molar-refractivity contribution in [2.45, 2.75) is 32.2 Å². The van der Waals surface area contributed by atoms with Gasteiger partial charge in [0, 0.05) is 34.9 Å². The number of nitrogens with zero attached hydrogens (tertiary/aromatic N) is 1. The number of piperidine rings is 1. The zero-order chi connectivity index (χ0) is 13.0. The molecule has 1 heterocycles. The van der Waals surface area contributed by atoms with Gasteiger partial charge >= 0.3 is 0 Å². The van der Waals surface area contributed by atoms with E-state index in [1.807, 2.05) is 12.1 Å². The van der Waals surface area contributed by atoms with Crippen LogP contribution in [0.4, 0.5) is 5.69 Å². The van der Waals surface area contributed by atoms with Crippen molar-refractivity contribution in [2.75, 3.05) is 25.0 Å². The summed E-state index contributed by atoms with van der Waals surface area (Å²) < 4.78 is 0. The topological polar surface area (TPSA) is 15.3 Å². The zero-order valence-corrected chi connectivity index (χ0v) is 12.3. The van der Waals surface area contributed by atoms with Gasteiger partial charge in [0.05, 0.1) is 0 Å². The van der Waals surface area contributed by atoms with Gasteiger partial charge in [-0.1, -0.05) is 30.1 Å². The normalized spacial score (nSPS) is 17.9. The number of halogens is 2. The predicted molar refractivity (Wildman–Crippen MR) is 79.8 cm³/mol. The molecule has 18 heavy (non-hydrogen) atoms. The molecule has 1 aromatic carbocycles. The fourth-order valence-corrected chi connectivity index (χ4v) is 3.02. The summed E-state index contributed by atoms with van der Waals surface area (Å²) in [4.78, 5) is 2.53. The molecule has 2 nitrogen and oxygen atoms in total. The molecule has 0 aliphatic carbocycles. The third-order valence-corrected chi connectivity index (χ3v) is 3.80. The van der Waals surface area contributed by atoms with E-state index in [1.165, 1.54) is 38.9 Å². The minimum atomic E-state index is 0.535. The number of hydrogen-bond donors (Lipinski definition) is 1. The van der Waals surface area contributed by atoms with Gasteiger partial charge in [0.1, 0.15) is 0 Å². The second-order valence-electron chi connectivity index (χ2n) is 4.92. The van der Waals surface area contributed by atoms with Crippen molar-refractivity contribution in [3.8, 4) is 0 Å². The van der Waals surface area contributed by atoms with Gasteiger partial charge in [0.25, 0.3) is 0 Å². The highest BCUT2D eigenvalue weighted by atomic mass is 35.5. The molecule has 1 fully saturated rings. The summed E-state index contributed by atoms with van der Waals surface area (Å²) in [6.45, 7) is 5.81. The largest absolute Gasteiger partial charge is 0.382 e. The van der Waals surface area contributed by atoms with E-state index in [0.29, 0.717) is 16.1 Å². The van der Waals surface area contributed by atoms with E-state index < -0.39 is 0 Å². The van der Waals surface area contributed by atoms with E-state index in [9.17, 15) is 0 Å². The van der Waals surface area contributed by atoms with Crippen molar-refractivity contribution in [3.05, 3.63) is 28.2 Å². The van der Waals surface area contributed by atoms with E-state index in [2.05, 4.69) is 17.1 Å². The van der Waals surface area contributed by atoms with Crippen LogP contribution in [0.2, 0.25) is 10.0 Å². The standard InChI is InChI=1S/C14H20Cl2N2/c1-2-5-18-6-3-13(4-7-18)17-14-9-11(15)8-12(16)10-14/h8-10,13,17H,2-7H2,1H3. The quantitative estimate of drug-likeness (QED) is 0.889. The summed E-state index contributed by atoms with van der Waals surface area (Å²) in [5, 5.41) is 4.91. The molecule has 0 aromatic heterocycles. The molecule has 0 saturated carbocycles. The molecule has 0 unspecified atom stereocenters. The number of benzene rings is 1. The Morgan fingerprint density at radius 1 is 1.17 bits per heavy atom. The van der Waals surface area contributed by atoms with Crippen LogP contribution in [0.25, 0.3) is 0 Å². The average Bonchev–Trinajstić information content (AvgIpc) is 2.31. The minimum Gasteiger partial charge on any atom is -0.382 e. The van der Waals surface area contributed by atoms with Crippen molar-refractivity contribution in [3.63, 3.8) is 0 Å². The SMILES string of the molecule is CCCN1CCC(Nc2cc(Cl)cc(Cl)c2)CC1. The van der Waals surface area contributed by atoms with E-state index in [4.69, 9.17) is 23.2 Å². The molecule has 1 aliphatic heterocycles. The van der Waals surface area contributed by atoms with Crippen LogP contribution in [0, 0.1) is 0 Å². The van der Waals surface area contributed by atoms with Crippen LogP contribution in [-0.2, 0) is 0 Å². The van der Waals surface area contributed by atoms with Crippen LogP contribution < -0.4 is 5.32 Å². The van der Waals surface area contributed by atoms with Crippen molar-refractivity contribution in [1.82, 2.24) is 4.90 Å². The van der Waals surface area contributed by atoms with Crippen LogP contribution in [0.15, 0.2) is 18.2 Å².